The number of benzene rings is 2. The fraction of sp³-hybridized carbons (Fsp3) is 0.158. The molecule has 0 unspecified atom stereocenters. The summed E-state index contributed by atoms with van der Waals surface area (Å²) in [7, 11) is 1.51. The molecule has 6 heteroatoms. The molecule has 0 saturated heterocycles. The van der Waals surface area contributed by atoms with Gasteiger partial charge in [-0.25, -0.2) is 4.98 Å². The third-order valence-electron chi connectivity index (χ3n) is 3.84. The Hall–Kier alpha value is -2.37. The average Bonchev–Trinajstić information content (AvgIpc) is 2.62. The molecule has 0 aliphatic carbocycles. The molecule has 0 atom stereocenters. The van der Waals surface area contributed by atoms with Crippen molar-refractivity contribution < 1.29 is 9.84 Å². The van der Waals surface area contributed by atoms with Gasteiger partial charge in [0.05, 0.1) is 7.11 Å². The molecule has 0 aliphatic rings. The van der Waals surface area contributed by atoms with E-state index in [1.165, 1.54) is 7.11 Å². The number of aromatic nitrogens is 1. The first-order valence-electron chi connectivity index (χ1n) is 7.71. The van der Waals surface area contributed by atoms with Crippen molar-refractivity contribution >= 4 is 22.9 Å². The number of methoxy groups -OCH3 is 1. The lowest BCUT2D eigenvalue weighted by molar-refractivity contribution is 0.415. The number of halogens is 1. The zero-order valence-corrected chi connectivity index (χ0v) is 15.3. The number of rotatable bonds is 4. The van der Waals surface area contributed by atoms with Crippen LogP contribution in [0.1, 0.15) is 12.5 Å². The van der Waals surface area contributed by atoms with E-state index in [2.05, 4.69) is 4.98 Å². The molecular formula is C19H16ClNO3S. The lowest BCUT2D eigenvalue weighted by Gasteiger charge is -2.14. The largest absolute Gasteiger partial charge is 0.496 e. The lowest BCUT2D eigenvalue weighted by Crippen LogP contribution is -2.06. The topological polar surface area (TPSA) is 59.4 Å². The smallest absolute Gasteiger partial charge is 0.247 e. The van der Waals surface area contributed by atoms with Crippen LogP contribution in [0.3, 0.4) is 0 Å². The summed E-state index contributed by atoms with van der Waals surface area (Å²) in [6, 6.07) is 12.7. The molecule has 0 amide bonds. The van der Waals surface area contributed by atoms with Gasteiger partial charge in [-0.05, 0) is 24.1 Å². The number of hydrogen-bond donors (Lipinski definition) is 1. The summed E-state index contributed by atoms with van der Waals surface area (Å²) in [5.41, 5.74) is 2.29. The Morgan fingerprint density at radius 1 is 1.20 bits per heavy atom. The fourth-order valence-electron chi connectivity index (χ4n) is 2.68. The zero-order chi connectivity index (χ0) is 18.0. The van der Waals surface area contributed by atoms with Crippen molar-refractivity contribution in [1.82, 2.24) is 4.98 Å². The standard InChI is InChI=1S/C19H16ClNO3S/c1-3-11-9-13(20)10-14(24-2)15(11)16-17(22)21-18(25-19(16)23)12-7-5-4-6-8-12/h4-10,22H,3H2,1-2H3. The van der Waals surface area contributed by atoms with Crippen LogP contribution in [-0.4, -0.2) is 17.2 Å². The number of aryl methyl sites for hydroxylation is 1. The summed E-state index contributed by atoms with van der Waals surface area (Å²) in [4.78, 5) is 17.0. The fourth-order valence-corrected chi connectivity index (χ4v) is 3.77. The SMILES string of the molecule is CCc1cc(Cl)cc(OC)c1-c1c(O)nc(-c2ccccc2)sc1=O. The highest BCUT2D eigenvalue weighted by molar-refractivity contribution is 7.12. The molecule has 4 nitrogen and oxygen atoms in total. The van der Waals surface area contributed by atoms with E-state index >= 15 is 0 Å². The molecule has 0 fully saturated rings. The summed E-state index contributed by atoms with van der Waals surface area (Å²) in [5, 5.41) is 11.5. The van der Waals surface area contributed by atoms with Crippen LogP contribution in [0.25, 0.3) is 21.7 Å². The Balaban J connectivity index is 2.25. The van der Waals surface area contributed by atoms with Crippen molar-refractivity contribution in [3.63, 3.8) is 0 Å². The third kappa shape index (κ3) is 3.38. The Labute approximate surface area is 154 Å². The molecule has 1 aromatic heterocycles. The highest BCUT2D eigenvalue weighted by Gasteiger charge is 2.21. The maximum Gasteiger partial charge on any atom is 0.247 e. The van der Waals surface area contributed by atoms with Gasteiger partial charge in [-0.3, -0.25) is 4.79 Å². The van der Waals surface area contributed by atoms with Crippen molar-refractivity contribution in [1.29, 1.82) is 0 Å². The van der Waals surface area contributed by atoms with Crippen LogP contribution in [0.4, 0.5) is 0 Å². The van der Waals surface area contributed by atoms with Gasteiger partial charge < -0.3 is 9.84 Å². The van der Waals surface area contributed by atoms with Crippen molar-refractivity contribution in [3.05, 3.63) is 62.6 Å². The van der Waals surface area contributed by atoms with E-state index in [0.717, 1.165) is 22.5 Å². The van der Waals surface area contributed by atoms with Gasteiger partial charge in [0.2, 0.25) is 10.6 Å². The zero-order valence-electron chi connectivity index (χ0n) is 13.7. The molecule has 1 heterocycles. The summed E-state index contributed by atoms with van der Waals surface area (Å²) in [6.07, 6.45) is 0.635. The number of hydrogen-bond acceptors (Lipinski definition) is 5. The van der Waals surface area contributed by atoms with Gasteiger partial charge >= 0.3 is 0 Å². The normalized spacial score (nSPS) is 10.7. The van der Waals surface area contributed by atoms with Crippen LogP contribution in [0.15, 0.2) is 47.3 Å². The van der Waals surface area contributed by atoms with Gasteiger partial charge in [-0.15, -0.1) is 0 Å². The molecule has 1 N–H and O–H groups in total. The monoisotopic (exact) mass is 373 g/mol. The maximum absolute atomic E-state index is 12.8. The van der Waals surface area contributed by atoms with Crippen LogP contribution >= 0.6 is 22.9 Å². The predicted molar refractivity (Wildman–Crippen MR) is 102 cm³/mol. The molecule has 0 aliphatic heterocycles. The average molecular weight is 374 g/mol. The van der Waals surface area contributed by atoms with E-state index in [9.17, 15) is 9.90 Å². The number of ether oxygens (including phenoxy) is 1. The van der Waals surface area contributed by atoms with E-state index in [-0.39, 0.29) is 16.2 Å². The van der Waals surface area contributed by atoms with Gasteiger partial charge in [-0.1, -0.05) is 60.2 Å². The minimum atomic E-state index is -0.307. The highest BCUT2D eigenvalue weighted by atomic mass is 35.5. The molecular weight excluding hydrogens is 358 g/mol. The Morgan fingerprint density at radius 3 is 2.52 bits per heavy atom. The van der Waals surface area contributed by atoms with Crippen molar-refractivity contribution in [2.24, 2.45) is 0 Å². The van der Waals surface area contributed by atoms with E-state index in [1.54, 1.807) is 12.1 Å². The predicted octanol–water partition coefficient (Wildman–Crippen LogP) is 4.77. The molecule has 0 saturated carbocycles. The van der Waals surface area contributed by atoms with Crippen LogP contribution < -0.4 is 9.48 Å². The van der Waals surface area contributed by atoms with Gasteiger partial charge in [0.1, 0.15) is 16.3 Å². The molecule has 2 aromatic carbocycles. The van der Waals surface area contributed by atoms with Gasteiger partial charge in [0.25, 0.3) is 0 Å². The highest BCUT2D eigenvalue weighted by Crippen LogP contribution is 2.39. The van der Waals surface area contributed by atoms with Crippen molar-refractivity contribution in [2.45, 2.75) is 13.3 Å². The summed E-state index contributed by atoms with van der Waals surface area (Å²) in [5.74, 6) is 0.135. The first-order valence-corrected chi connectivity index (χ1v) is 8.91. The van der Waals surface area contributed by atoms with Crippen LogP contribution in [-0.2, 0) is 6.42 Å². The first kappa shape index (κ1) is 17.5. The van der Waals surface area contributed by atoms with Crippen molar-refractivity contribution in [3.8, 4) is 33.3 Å². The molecule has 3 aromatic rings. The van der Waals surface area contributed by atoms with Crippen LogP contribution in [0.2, 0.25) is 5.02 Å². The minimum Gasteiger partial charge on any atom is -0.496 e. The Bertz CT molecular complexity index is 945. The van der Waals surface area contributed by atoms with Gasteiger partial charge in [0, 0.05) is 16.1 Å². The second-order valence-corrected chi connectivity index (χ2v) is 6.76. The van der Waals surface area contributed by atoms with E-state index < -0.39 is 0 Å². The summed E-state index contributed by atoms with van der Waals surface area (Å²) in [6.45, 7) is 1.95. The number of aromatic hydroxyl groups is 1. The maximum atomic E-state index is 12.8. The van der Waals surface area contributed by atoms with Crippen molar-refractivity contribution in [2.75, 3.05) is 7.11 Å². The first-order chi connectivity index (χ1) is 12.0. The minimum absolute atomic E-state index is 0.148. The second-order valence-electron chi connectivity index (χ2n) is 5.37. The lowest BCUT2D eigenvalue weighted by atomic mass is 9.99. The molecule has 25 heavy (non-hydrogen) atoms. The van der Waals surface area contributed by atoms with Crippen LogP contribution in [0.5, 0.6) is 11.6 Å². The molecule has 0 radical (unpaired) electrons. The van der Waals surface area contributed by atoms with E-state index in [1.807, 2.05) is 37.3 Å². The van der Waals surface area contributed by atoms with E-state index in [0.29, 0.717) is 27.8 Å². The molecule has 0 bridgehead atoms. The summed E-state index contributed by atoms with van der Waals surface area (Å²) >= 11 is 7.11. The molecule has 3 rings (SSSR count). The van der Waals surface area contributed by atoms with Gasteiger partial charge in [-0.2, -0.15) is 0 Å². The van der Waals surface area contributed by atoms with Crippen LogP contribution in [0, 0.1) is 0 Å². The quantitative estimate of drug-likeness (QED) is 0.715. The Morgan fingerprint density at radius 2 is 1.92 bits per heavy atom. The molecule has 128 valence electrons. The Kier molecular flexibility index (Phi) is 5.06. The van der Waals surface area contributed by atoms with E-state index in [4.69, 9.17) is 16.3 Å². The van der Waals surface area contributed by atoms with Gasteiger partial charge in [0.15, 0.2) is 0 Å². The number of nitrogens with zero attached hydrogens (tertiary/aromatic N) is 1. The second kappa shape index (κ2) is 7.25. The third-order valence-corrected chi connectivity index (χ3v) is 4.97. The molecule has 0 spiro atoms. The summed E-state index contributed by atoms with van der Waals surface area (Å²) < 4.78 is 5.11.